The standard InChI is InChI=1S/C12H22N2O/c1-7-15-12-10(8(2)3)11(9(4)5)13-14(12)6/h8-9H,7H2,1-6H3. The lowest BCUT2D eigenvalue weighted by Gasteiger charge is -2.11. The maximum Gasteiger partial charge on any atom is 0.215 e. The van der Waals surface area contributed by atoms with E-state index in [9.17, 15) is 0 Å². The molecule has 0 aliphatic heterocycles. The zero-order chi connectivity index (χ0) is 11.6. The van der Waals surface area contributed by atoms with Crippen molar-refractivity contribution in [1.82, 2.24) is 9.78 Å². The Morgan fingerprint density at radius 3 is 2.20 bits per heavy atom. The number of hydrogen-bond donors (Lipinski definition) is 0. The monoisotopic (exact) mass is 210 g/mol. The highest BCUT2D eigenvalue weighted by Gasteiger charge is 2.21. The number of hydrogen-bond acceptors (Lipinski definition) is 2. The molecule has 3 heteroatoms. The number of rotatable bonds is 4. The van der Waals surface area contributed by atoms with Gasteiger partial charge in [-0.2, -0.15) is 5.10 Å². The molecule has 1 aromatic heterocycles. The van der Waals surface area contributed by atoms with Crippen LogP contribution >= 0.6 is 0 Å². The fourth-order valence-corrected chi connectivity index (χ4v) is 1.82. The molecule has 15 heavy (non-hydrogen) atoms. The second-order valence-electron chi connectivity index (χ2n) is 4.47. The lowest BCUT2D eigenvalue weighted by Crippen LogP contribution is -2.02. The summed E-state index contributed by atoms with van der Waals surface area (Å²) in [5.41, 5.74) is 2.42. The minimum atomic E-state index is 0.447. The van der Waals surface area contributed by atoms with Gasteiger partial charge in [0.1, 0.15) is 0 Å². The van der Waals surface area contributed by atoms with E-state index in [4.69, 9.17) is 4.74 Å². The van der Waals surface area contributed by atoms with Gasteiger partial charge in [-0.15, -0.1) is 0 Å². The number of aromatic nitrogens is 2. The van der Waals surface area contributed by atoms with Crippen molar-refractivity contribution in [2.24, 2.45) is 7.05 Å². The van der Waals surface area contributed by atoms with E-state index in [0.29, 0.717) is 18.4 Å². The minimum Gasteiger partial charge on any atom is -0.478 e. The summed E-state index contributed by atoms with van der Waals surface area (Å²) in [6, 6.07) is 0. The van der Waals surface area contributed by atoms with Crippen molar-refractivity contribution >= 4 is 0 Å². The van der Waals surface area contributed by atoms with Crippen LogP contribution < -0.4 is 4.74 Å². The van der Waals surface area contributed by atoms with E-state index >= 15 is 0 Å². The number of nitrogens with zero attached hydrogens (tertiary/aromatic N) is 2. The van der Waals surface area contributed by atoms with Crippen molar-refractivity contribution in [3.8, 4) is 5.88 Å². The Hall–Kier alpha value is -0.990. The zero-order valence-electron chi connectivity index (χ0n) is 10.7. The lowest BCUT2D eigenvalue weighted by molar-refractivity contribution is 0.305. The summed E-state index contributed by atoms with van der Waals surface area (Å²) < 4.78 is 7.52. The molecule has 0 fully saturated rings. The van der Waals surface area contributed by atoms with Crippen LogP contribution in [-0.2, 0) is 7.05 Å². The second kappa shape index (κ2) is 4.69. The molecule has 0 aliphatic carbocycles. The normalized spacial score (nSPS) is 11.5. The molecule has 0 radical (unpaired) electrons. The molecule has 0 unspecified atom stereocenters. The fraction of sp³-hybridized carbons (Fsp3) is 0.750. The first kappa shape index (κ1) is 12.1. The van der Waals surface area contributed by atoms with Crippen LogP contribution in [0.1, 0.15) is 57.7 Å². The Morgan fingerprint density at radius 2 is 1.80 bits per heavy atom. The molecule has 0 amide bonds. The molecule has 0 aliphatic rings. The van der Waals surface area contributed by atoms with Crippen molar-refractivity contribution in [1.29, 1.82) is 0 Å². The molecule has 0 saturated heterocycles. The molecule has 86 valence electrons. The molecular weight excluding hydrogens is 188 g/mol. The Bertz CT molecular complexity index is 327. The first-order valence-electron chi connectivity index (χ1n) is 5.68. The van der Waals surface area contributed by atoms with E-state index in [1.807, 2.05) is 18.7 Å². The maximum absolute atomic E-state index is 5.66. The topological polar surface area (TPSA) is 27.1 Å². The third-order valence-electron chi connectivity index (χ3n) is 2.46. The fourth-order valence-electron chi connectivity index (χ4n) is 1.82. The van der Waals surface area contributed by atoms with Gasteiger partial charge in [-0.25, -0.2) is 4.68 Å². The predicted molar refractivity (Wildman–Crippen MR) is 62.6 cm³/mol. The Balaban J connectivity index is 3.24. The van der Waals surface area contributed by atoms with Crippen LogP contribution in [0.2, 0.25) is 0 Å². The molecule has 0 atom stereocenters. The second-order valence-corrected chi connectivity index (χ2v) is 4.47. The first-order chi connectivity index (χ1) is 6.99. The van der Waals surface area contributed by atoms with Crippen LogP contribution in [0.4, 0.5) is 0 Å². The SMILES string of the molecule is CCOc1c(C(C)C)c(C(C)C)nn1C. The van der Waals surface area contributed by atoms with Gasteiger partial charge < -0.3 is 4.74 Å². The van der Waals surface area contributed by atoms with E-state index in [1.165, 1.54) is 5.56 Å². The maximum atomic E-state index is 5.66. The van der Waals surface area contributed by atoms with Gasteiger partial charge in [-0.1, -0.05) is 27.7 Å². The van der Waals surface area contributed by atoms with Gasteiger partial charge in [0, 0.05) is 12.6 Å². The smallest absolute Gasteiger partial charge is 0.215 e. The van der Waals surface area contributed by atoms with E-state index in [1.54, 1.807) is 0 Å². The molecule has 0 N–H and O–H groups in total. The van der Waals surface area contributed by atoms with Crippen LogP contribution in [0.3, 0.4) is 0 Å². The predicted octanol–water partition coefficient (Wildman–Crippen LogP) is 3.07. The minimum absolute atomic E-state index is 0.447. The van der Waals surface area contributed by atoms with Crippen LogP contribution in [0.15, 0.2) is 0 Å². The molecule has 0 aromatic carbocycles. The third-order valence-corrected chi connectivity index (χ3v) is 2.46. The molecule has 1 heterocycles. The summed E-state index contributed by atoms with van der Waals surface area (Å²) in [6.45, 7) is 11.4. The van der Waals surface area contributed by atoms with Crippen molar-refractivity contribution in [2.75, 3.05) is 6.61 Å². The third kappa shape index (κ3) is 2.33. The number of aryl methyl sites for hydroxylation is 1. The highest BCUT2D eigenvalue weighted by molar-refractivity contribution is 5.36. The van der Waals surface area contributed by atoms with Crippen LogP contribution in [0, 0.1) is 0 Å². The molecule has 1 aromatic rings. The van der Waals surface area contributed by atoms with Crippen LogP contribution in [0.5, 0.6) is 5.88 Å². The van der Waals surface area contributed by atoms with Crippen LogP contribution in [0.25, 0.3) is 0 Å². The van der Waals surface area contributed by atoms with Crippen molar-refractivity contribution in [3.05, 3.63) is 11.3 Å². The molecule has 0 saturated carbocycles. The summed E-state index contributed by atoms with van der Waals surface area (Å²) in [6.07, 6.45) is 0. The van der Waals surface area contributed by atoms with E-state index < -0.39 is 0 Å². The highest BCUT2D eigenvalue weighted by Crippen LogP contribution is 2.33. The van der Waals surface area contributed by atoms with Gasteiger partial charge in [0.05, 0.1) is 12.3 Å². The summed E-state index contributed by atoms with van der Waals surface area (Å²) in [7, 11) is 1.95. The van der Waals surface area contributed by atoms with Gasteiger partial charge in [0.2, 0.25) is 5.88 Å². The number of ether oxygens (including phenoxy) is 1. The summed E-state index contributed by atoms with van der Waals surface area (Å²) in [5.74, 6) is 1.83. The summed E-state index contributed by atoms with van der Waals surface area (Å²) >= 11 is 0. The van der Waals surface area contributed by atoms with Crippen LogP contribution in [-0.4, -0.2) is 16.4 Å². The van der Waals surface area contributed by atoms with Crippen molar-refractivity contribution in [3.63, 3.8) is 0 Å². The molecule has 3 nitrogen and oxygen atoms in total. The van der Waals surface area contributed by atoms with Gasteiger partial charge in [0.25, 0.3) is 0 Å². The Labute approximate surface area is 92.4 Å². The van der Waals surface area contributed by atoms with Crippen molar-refractivity contribution in [2.45, 2.75) is 46.5 Å². The van der Waals surface area contributed by atoms with Gasteiger partial charge >= 0.3 is 0 Å². The lowest BCUT2D eigenvalue weighted by atomic mass is 9.97. The van der Waals surface area contributed by atoms with E-state index in [0.717, 1.165) is 11.6 Å². The van der Waals surface area contributed by atoms with Gasteiger partial charge in [-0.05, 0) is 18.8 Å². The van der Waals surface area contributed by atoms with E-state index in [2.05, 4.69) is 32.8 Å². The quantitative estimate of drug-likeness (QED) is 0.763. The average Bonchev–Trinajstić information content (AvgIpc) is 2.45. The Morgan fingerprint density at radius 1 is 1.20 bits per heavy atom. The average molecular weight is 210 g/mol. The van der Waals surface area contributed by atoms with Crippen molar-refractivity contribution < 1.29 is 4.74 Å². The molecule has 0 bridgehead atoms. The summed E-state index contributed by atoms with van der Waals surface area (Å²) in [4.78, 5) is 0. The molecule has 1 rings (SSSR count). The van der Waals surface area contributed by atoms with Gasteiger partial charge in [-0.3, -0.25) is 0 Å². The zero-order valence-corrected chi connectivity index (χ0v) is 10.7. The molecular formula is C12H22N2O. The molecule has 0 spiro atoms. The highest BCUT2D eigenvalue weighted by atomic mass is 16.5. The largest absolute Gasteiger partial charge is 0.478 e. The van der Waals surface area contributed by atoms with E-state index in [-0.39, 0.29) is 0 Å². The van der Waals surface area contributed by atoms with Gasteiger partial charge in [0.15, 0.2) is 0 Å². The Kier molecular flexibility index (Phi) is 3.77. The first-order valence-corrected chi connectivity index (χ1v) is 5.68. The summed E-state index contributed by atoms with van der Waals surface area (Å²) in [5, 5.41) is 4.54.